The number of aromatic nitrogens is 4. The monoisotopic (exact) mass is 567 g/mol. The van der Waals surface area contributed by atoms with Crippen LogP contribution in [0.1, 0.15) is 12.6 Å². The van der Waals surface area contributed by atoms with E-state index in [0.29, 0.717) is 22.5 Å². The fourth-order valence-corrected chi connectivity index (χ4v) is 5.51. The van der Waals surface area contributed by atoms with Crippen LogP contribution in [0.25, 0.3) is 0 Å². The highest BCUT2D eigenvalue weighted by Crippen LogP contribution is 2.38. The maximum absolute atomic E-state index is 11.4. The van der Waals surface area contributed by atoms with Crippen molar-refractivity contribution >= 4 is 40.8 Å². The normalized spacial score (nSPS) is 16.6. The lowest BCUT2D eigenvalue weighted by molar-refractivity contribution is -0.114. The summed E-state index contributed by atoms with van der Waals surface area (Å²) in [6.07, 6.45) is 0. The lowest BCUT2D eigenvalue weighted by Gasteiger charge is -2.37. The number of rotatable bonds is 10. The molecule has 214 valence electrons. The highest BCUT2D eigenvalue weighted by atomic mass is 32.2. The predicted molar refractivity (Wildman–Crippen MR) is 156 cm³/mol. The van der Waals surface area contributed by atoms with Crippen molar-refractivity contribution in [1.29, 1.82) is 0 Å². The minimum atomic E-state index is -0.103. The van der Waals surface area contributed by atoms with Crippen molar-refractivity contribution in [2.24, 2.45) is 0 Å². The van der Waals surface area contributed by atoms with Gasteiger partial charge in [-0.05, 0) is 43.0 Å². The molecule has 5 rings (SSSR count). The van der Waals surface area contributed by atoms with E-state index in [2.05, 4.69) is 35.5 Å². The van der Waals surface area contributed by atoms with E-state index in [1.807, 2.05) is 37.3 Å². The molecule has 13 heteroatoms. The molecule has 40 heavy (non-hydrogen) atoms. The van der Waals surface area contributed by atoms with E-state index in [-0.39, 0.29) is 5.91 Å². The van der Waals surface area contributed by atoms with E-state index in [1.54, 1.807) is 7.11 Å². The summed E-state index contributed by atoms with van der Waals surface area (Å²) in [5.74, 6) is 2.47. The van der Waals surface area contributed by atoms with Crippen LogP contribution < -0.4 is 20.3 Å². The number of carbonyl (C=O) groups is 1. The molecule has 0 unspecified atom stereocenters. The van der Waals surface area contributed by atoms with Crippen molar-refractivity contribution in [1.82, 2.24) is 30.0 Å². The second-order valence-electron chi connectivity index (χ2n) is 9.86. The number of nitrogens with zero attached hydrogens (tertiary/aromatic N) is 6. The number of anilines is 4. The van der Waals surface area contributed by atoms with Gasteiger partial charge in [-0.15, -0.1) is 0 Å². The van der Waals surface area contributed by atoms with Gasteiger partial charge in [0, 0.05) is 81.6 Å². The van der Waals surface area contributed by atoms with Crippen LogP contribution in [0.4, 0.5) is 23.1 Å². The molecule has 0 spiro atoms. The zero-order valence-electron chi connectivity index (χ0n) is 23.3. The minimum Gasteiger partial charge on any atom is -0.490 e. The molecule has 2 aromatic heterocycles. The molecule has 0 atom stereocenters. The Hall–Kier alpha value is -3.39. The highest BCUT2D eigenvalue weighted by Gasteiger charge is 2.26. The summed E-state index contributed by atoms with van der Waals surface area (Å²) < 4.78 is 11.3. The number of aromatic amines is 1. The molecule has 2 saturated heterocycles. The lowest BCUT2D eigenvalue weighted by atomic mass is 10.3. The fraction of sp³-hybridized carbons (Fsp3) is 0.481. The number of aryl methyl sites for hydroxylation is 1. The van der Waals surface area contributed by atoms with E-state index in [0.717, 1.165) is 87.7 Å². The van der Waals surface area contributed by atoms with Crippen molar-refractivity contribution < 1.29 is 14.3 Å². The number of morpholine rings is 1. The average molecular weight is 568 g/mol. The molecule has 0 saturated carbocycles. The van der Waals surface area contributed by atoms with Gasteiger partial charge in [-0.1, -0.05) is 0 Å². The van der Waals surface area contributed by atoms with Gasteiger partial charge in [-0.25, -0.2) is 9.97 Å². The first kappa shape index (κ1) is 28.1. The number of amides is 1. The summed E-state index contributed by atoms with van der Waals surface area (Å²) in [6.45, 7) is 12.8. The Morgan fingerprint density at radius 1 is 1.05 bits per heavy atom. The second kappa shape index (κ2) is 13.3. The quantitative estimate of drug-likeness (QED) is 0.313. The molecule has 0 radical (unpaired) electrons. The number of carbonyl (C=O) groups excluding carboxylic acids is 1. The van der Waals surface area contributed by atoms with Gasteiger partial charge in [0.1, 0.15) is 0 Å². The van der Waals surface area contributed by atoms with Crippen LogP contribution in [-0.4, -0.2) is 109 Å². The van der Waals surface area contributed by atoms with Gasteiger partial charge in [0.15, 0.2) is 22.6 Å². The van der Waals surface area contributed by atoms with Gasteiger partial charge in [0.2, 0.25) is 11.7 Å². The van der Waals surface area contributed by atoms with E-state index >= 15 is 0 Å². The Balaban J connectivity index is 1.33. The van der Waals surface area contributed by atoms with Gasteiger partial charge >= 0.3 is 0 Å². The van der Waals surface area contributed by atoms with E-state index in [1.165, 1.54) is 18.7 Å². The van der Waals surface area contributed by atoms with Crippen molar-refractivity contribution in [2.75, 3.05) is 88.2 Å². The molecule has 3 aromatic rings. The van der Waals surface area contributed by atoms with Gasteiger partial charge in [-0.2, -0.15) is 5.10 Å². The topological polar surface area (TPSA) is 124 Å². The largest absolute Gasteiger partial charge is 0.490 e. The molecule has 1 amide bonds. The summed E-state index contributed by atoms with van der Waals surface area (Å²) in [5.41, 5.74) is 1.69. The predicted octanol–water partition coefficient (Wildman–Crippen LogP) is 2.82. The average Bonchev–Trinajstić information content (AvgIpc) is 3.37. The Bertz CT molecular complexity index is 1270. The van der Waals surface area contributed by atoms with Gasteiger partial charge in [0.05, 0.1) is 20.3 Å². The third-order valence-electron chi connectivity index (χ3n) is 6.88. The number of piperazine rings is 1. The summed E-state index contributed by atoms with van der Waals surface area (Å²) in [7, 11) is 1.65. The fourth-order valence-electron chi connectivity index (χ4n) is 4.76. The van der Waals surface area contributed by atoms with Crippen LogP contribution >= 0.6 is 11.8 Å². The zero-order valence-corrected chi connectivity index (χ0v) is 24.1. The molecule has 2 fully saturated rings. The first-order chi connectivity index (χ1) is 19.5. The number of H-pyrrole nitrogens is 1. The van der Waals surface area contributed by atoms with Crippen LogP contribution in [0.5, 0.6) is 5.75 Å². The number of hydrogen-bond donors (Lipinski definition) is 3. The first-order valence-electron chi connectivity index (χ1n) is 13.5. The SMILES string of the molecule is COc1c(Nc2cc(C)[nH]n2)nc(Sc2ccc(NC(C)=O)cc2)nc1N1CCN(CCN2CCOCC2)CC1. The smallest absolute Gasteiger partial charge is 0.221 e. The molecular weight excluding hydrogens is 530 g/mol. The van der Waals surface area contributed by atoms with Crippen LogP contribution in [-0.2, 0) is 9.53 Å². The van der Waals surface area contributed by atoms with Crippen LogP contribution in [0.15, 0.2) is 40.4 Å². The van der Waals surface area contributed by atoms with Crippen molar-refractivity contribution in [3.05, 3.63) is 36.0 Å². The molecule has 0 aliphatic carbocycles. The van der Waals surface area contributed by atoms with Gasteiger partial charge in [0.25, 0.3) is 0 Å². The molecule has 4 heterocycles. The molecule has 2 aliphatic heterocycles. The van der Waals surface area contributed by atoms with Crippen LogP contribution in [0.2, 0.25) is 0 Å². The van der Waals surface area contributed by atoms with Crippen LogP contribution in [0, 0.1) is 6.92 Å². The molecule has 3 N–H and O–H groups in total. The minimum absolute atomic E-state index is 0.103. The Labute approximate surface area is 238 Å². The second-order valence-corrected chi connectivity index (χ2v) is 10.9. The number of hydrogen-bond acceptors (Lipinski definition) is 11. The standard InChI is InChI=1S/C27H37N9O3S/c1-19-18-23(33-32-19)29-25-24(38-3)26(31-27(30-25)40-22-6-4-21(5-7-22)28-20(2)37)36-12-10-34(11-13-36)8-9-35-14-16-39-17-15-35/h4-7,18H,8-17H2,1-3H3,(H,28,37)(H2,29,30,31,32,33). The number of benzene rings is 1. The number of ether oxygens (including phenoxy) is 2. The van der Waals surface area contributed by atoms with Crippen molar-refractivity contribution in [2.45, 2.75) is 23.9 Å². The van der Waals surface area contributed by atoms with Crippen molar-refractivity contribution in [3.63, 3.8) is 0 Å². The highest BCUT2D eigenvalue weighted by molar-refractivity contribution is 7.99. The summed E-state index contributed by atoms with van der Waals surface area (Å²) in [5, 5.41) is 14.0. The third kappa shape index (κ3) is 7.42. The first-order valence-corrected chi connectivity index (χ1v) is 14.4. The summed E-state index contributed by atoms with van der Waals surface area (Å²) >= 11 is 1.46. The molecule has 2 aliphatic rings. The van der Waals surface area contributed by atoms with E-state index in [9.17, 15) is 4.79 Å². The van der Waals surface area contributed by atoms with Crippen molar-refractivity contribution in [3.8, 4) is 5.75 Å². The maximum atomic E-state index is 11.4. The van der Waals surface area contributed by atoms with Crippen LogP contribution in [0.3, 0.4) is 0 Å². The summed E-state index contributed by atoms with van der Waals surface area (Å²) in [6, 6.07) is 9.55. The molecular formula is C27H37N9O3S. The molecule has 0 bridgehead atoms. The van der Waals surface area contributed by atoms with Gasteiger partial charge in [-0.3, -0.25) is 19.7 Å². The van der Waals surface area contributed by atoms with E-state index in [4.69, 9.17) is 19.4 Å². The molecule has 12 nitrogen and oxygen atoms in total. The van der Waals surface area contributed by atoms with E-state index < -0.39 is 0 Å². The number of nitrogens with one attached hydrogen (secondary N) is 3. The Kier molecular flexibility index (Phi) is 9.37. The number of methoxy groups -OCH3 is 1. The summed E-state index contributed by atoms with van der Waals surface area (Å²) in [4.78, 5) is 29.4. The maximum Gasteiger partial charge on any atom is 0.221 e. The Morgan fingerprint density at radius 2 is 1.75 bits per heavy atom. The third-order valence-corrected chi connectivity index (χ3v) is 7.75. The van der Waals surface area contributed by atoms with Gasteiger partial charge < -0.3 is 25.0 Å². The Morgan fingerprint density at radius 3 is 2.38 bits per heavy atom. The lowest BCUT2D eigenvalue weighted by Crippen LogP contribution is -2.49. The molecule has 1 aromatic carbocycles. The zero-order chi connectivity index (χ0) is 27.9.